The molecule has 1 N–H and O–H groups in total. The lowest BCUT2D eigenvalue weighted by atomic mass is 9.91. The van der Waals surface area contributed by atoms with Crippen LogP contribution in [0, 0.1) is 0 Å². The van der Waals surface area contributed by atoms with Crippen molar-refractivity contribution in [2.24, 2.45) is 0 Å². The Balaban J connectivity index is 2.01. The highest BCUT2D eigenvalue weighted by Crippen LogP contribution is 2.24. The van der Waals surface area contributed by atoms with Gasteiger partial charge in [-0.15, -0.1) is 0 Å². The molecule has 2 rings (SSSR count). The molecule has 0 aromatic carbocycles. The summed E-state index contributed by atoms with van der Waals surface area (Å²) < 4.78 is 0. The molecule has 0 aromatic heterocycles. The van der Waals surface area contributed by atoms with Crippen LogP contribution in [0.4, 0.5) is 0 Å². The number of piperidine rings is 1. The molecule has 20 heavy (non-hydrogen) atoms. The monoisotopic (exact) mass is 281 g/mol. The largest absolute Gasteiger partial charge is 0.340 e. The van der Waals surface area contributed by atoms with Gasteiger partial charge in [-0.2, -0.15) is 0 Å². The molecule has 2 heterocycles. The molecule has 5 heteroatoms. The van der Waals surface area contributed by atoms with Crippen molar-refractivity contribution in [1.29, 1.82) is 0 Å². The lowest BCUT2D eigenvalue weighted by Crippen LogP contribution is -2.67. The van der Waals surface area contributed by atoms with Gasteiger partial charge in [0.1, 0.15) is 5.54 Å². The van der Waals surface area contributed by atoms with Gasteiger partial charge in [-0.3, -0.25) is 9.59 Å². The molecule has 5 nitrogen and oxygen atoms in total. The van der Waals surface area contributed by atoms with E-state index in [2.05, 4.69) is 17.1 Å². The molecule has 0 aliphatic carbocycles. The van der Waals surface area contributed by atoms with Gasteiger partial charge in [-0.05, 0) is 39.2 Å². The van der Waals surface area contributed by atoms with Crippen LogP contribution in [0.1, 0.15) is 46.5 Å². The summed E-state index contributed by atoms with van der Waals surface area (Å²) in [6.45, 7) is 9.41. The number of hydrogen-bond donors (Lipinski definition) is 1. The predicted molar refractivity (Wildman–Crippen MR) is 78.3 cm³/mol. The van der Waals surface area contributed by atoms with E-state index in [-0.39, 0.29) is 24.4 Å². The summed E-state index contributed by atoms with van der Waals surface area (Å²) in [5.41, 5.74) is -0.712. The van der Waals surface area contributed by atoms with Crippen molar-refractivity contribution in [2.75, 3.05) is 26.2 Å². The van der Waals surface area contributed by atoms with Gasteiger partial charge < -0.3 is 15.1 Å². The maximum atomic E-state index is 12.6. The minimum absolute atomic E-state index is 0.0232. The van der Waals surface area contributed by atoms with Gasteiger partial charge in [0.25, 0.3) is 0 Å². The SMILES string of the molecule is CCCN1CCC(N2CC(=O)NC(C)(CC)C2=O)CC1. The van der Waals surface area contributed by atoms with Gasteiger partial charge in [0.05, 0.1) is 6.54 Å². The second kappa shape index (κ2) is 6.12. The molecule has 0 bridgehead atoms. The van der Waals surface area contributed by atoms with Gasteiger partial charge in [0, 0.05) is 19.1 Å². The first-order valence-electron chi connectivity index (χ1n) is 7.84. The Bertz CT molecular complexity index is 377. The van der Waals surface area contributed by atoms with Crippen LogP contribution < -0.4 is 5.32 Å². The van der Waals surface area contributed by atoms with Gasteiger partial charge in [-0.1, -0.05) is 13.8 Å². The maximum Gasteiger partial charge on any atom is 0.248 e. The Hall–Kier alpha value is -1.10. The molecule has 0 aromatic rings. The first kappa shape index (κ1) is 15.3. The Kier molecular flexibility index (Phi) is 4.68. The van der Waals surface area contributed by atoms with Gasteiger partial charge in [0.15, 0.2) is 0 Å². The Morgan fingerprint density at radius 3 is 2.45 bits per heavy atom. The van der Waals surface area contributed by atoms with Gasteiger partial charge in [0.2, 0.25) is 11.8 Å². The Labute approximate surface area is 121 Å². The van der Waals surface area contributed by atoms with Gasteiger partial charge in [-0.25, -0.2) is 0 Å². The Morgan fingerprint density at radius 2 is 1.90 bits per heavy atom. The van der Waals surface area contributed by atoms with Crippen LogP contribution in [0.3, 0.4) is 0 Å². The van der Waals surface area contributed by atoms with Crippen LogP contribution in [0.15, 0.2) is 0 Å². The summed E-state index contributed by atoms with van der Waals surface area (Å²) >= 11 is 0. The zero-order valence-electron chi connectivity index (χ0n) is 12.9. The van der Waals surface area contributed by atoms with E-state index in [1.54, 1.807) is 0 Å². The van der Waals surface area contributed by atoms with E-state index in [0.29, 0.717) is 6.42 Å². The smallest absolute Gasteiger partial charge is 0.248 e. The maximum absolute atomic E-state index is 12.6. The highest BCUT2D eigenvalue weighted by atomic mass is 16.2. The number of rotatable bonds is 4. The third-order valence-electron chi connectivity index (χ3n) is 4.71. The molecule has 2 amide bonds. The Morgan fingerprint density at radius 1 is 1.25 bits per heavy atom. The number of nitrogens with zero attached hydrogens (tertiary/aromatic N) is 2. The zero-order valence-corrected chi connectivity index (χ0v) is 12.9. The lowest BCUT2D eigenvalue weighted by Gasteiger charge is -2.45. The van der Waals surface area contributed by atoms with Crippen LogP contribution in [0.25, 0.3) is 0 Å². The number of likely N-dealkylation sites (tertiary alicyclic amines) is 1. The fourth-order valence-corrected chi connectivity index (χ4v) is 3.25. The highest BCUT2D eigenvalue weighted by molar-refractivity contribution is 5.97. The van der Waals surface area contributed by atoms with E-state index in [1.807, 2.05) is 18.7 Å². The van der Waals surface area contributed by atoms with E-state index in [4.69, 9.17) is 0 Å². The van der Waals surface area contributed by atoms with E-state index < -0.39 is 5.54 Å². The van der Waals surface area contributed by atoms with Crippen molar-refractivity contribution in [3.63, 3.8) is 0 Å². The number of carbonyl (C=O) groups is 2. The van der Waals surface area contributed by atoms with Crippen molar-refractivity contribution in [3.05, 3.63) is 0 Å². The van der Waals surface area contributed by atoms with Crippen molar-refractivity contribution < 1.29 is 9.59 Å². The van der Waals surface area contributed by atoms with Crippen molar-refractivity contribution in [1.82, 2.24) is 15.1 Å². The third-order valence-corrected chi connectivity index (χ3v) is 4.71. The molecular formula is C15H27N3O2. The van der Waals surface area contributed by atoms with Crippen LogP contribution in [0.5, 0.6) is 0 Å². The average molecular weight is 281 g/mol. The minimum atomic E-state index is -0.712. The summed E-state index contributed by atoms with van der Waals surface area (Å²) in [6.07, 6.45) is 3.78. The molecule has 1 unspecified atom stereocenters. The molecule has 0 saturated carbocycles. The van der Waals surface area contributed by atoms with Crippen LogP contribution in [0.2, 0.25) is 0 Å². The average Bonchev–Trinajstić information content (AvgIpc) is 2.44. The number of hydrogen-bond acceptors (Lipinski definition) is 3. The quantitative estimate of drug-likeness (QED) is 0.836. The van der Waals surface area contributed by atoms with Crippen LogP contribution >= 0.6 is 0 Å². The summed E-state index contributed by atoms with van der Waals surface area (Å²) in [6, 6.07) is 0.229. The number of nitrogens with one attached hydrogen (secondary N) is 1. The summed E-state index contributed by atoms with van der Waals surface area (Å²) in [5, 5.41) is 2.85. The van der Waals surface area contributed by atoms with Crippen molar-refractivity contribution >= 4 is 11.8 Å². The fraction of sp³-hybridized carbons (Fsp3) is 0.867. The molecule has 2 aliphatic heterocycles. The summed E-state index contributed by atoms with van der Waals surface area (Å²) in [7, 11) is 0. The van der Waals surface area contributed by atoms with Crippen LogP contribution in [-0.2, 0) is 9.59 Å². The van der Waals surface area contributed by atoms with Crippen molar-refractivity contribution in [2.45, 2.75) is 58.0 Å². The first-order valence-corrected chi connectivity index (χ1v) is 7.84. The highest BCUT2D eigenvalue weighted by Gasteiger charge is 2.44. The molecule has 2 aliphatic rings. The lowest BCUT2D eigenvalue weighted by molar-refractivity contribution is -0.152. The molecule has 2 fully saturated rings. The second-order valence-corrected chi connectivity index (χ2v) is 6.24. The number of amides is 2. The molecule has 0 radical (unpaired) electrons. The zero-order chi connectivity index (χ0) is 14.8. The molecule has 1 atom stereocenters. The summed E-state index contributed by atoms with van der Waals surface area (Å²) in [4.78, 5) is 28.8. The molecule has 0 spiro atoms. The second-order valence-electron chi connectivity index (χ2n) is 6.24. The minimum Gasteiger partial charge on any atom is -0.340 e. The van der Waals surface area contributed by atoms with E-state index in [9.17, 15) is 9.59 Å². The molecular weight excluding hydrogens is 254 g/mol. The topological polar surface area (TPSA) is 52.6 Å². The predicted octanol–water partition coefficient (Wildman–Crippen LogP) is 0.988. The number of piperazine rings is 1. The third kappa shape index (κ3) is 2.97. The number of carbonyl (C=O) groups excluding carboxylic acids is 2. The molecule has 2 saturated heterocycles. The van der Waals surface area contributed by atoms with Crippen LogP contribution in [-0.4, -0.2) is 59.4 Å². The normalized spacial score (nSPS) is 29.6. The fourth-order valence-electron chi connectivity index (χ4n) is 3.25. The van der Waals surface area contributed by atoms with E-state index in [1.165, 1.54) is 6.42 Å². The molecule has 114 valence electrons. The van der Waals surface area contributed by atoms with Crippen molar-refractivity contribution in [3.8, 4) is 0 Å². The summed E-state index contributed by atoms with van der Waals surface area (Å²) in [5.74, 6) is 0.0680. The van der Waals surface area contributed by atoms with Gasteiger partial charge >= 0.3 is 0 Å². The first-order chi connectivity index (χ1) is 9.50. The van der Waals surface area contributed by atoms with E-state index >= 15 is 0 Å². The van der Waals surface area contributed by atoms with E-state index in [0.717, 1.165) is 32.5 Å². The standard InChI is InChI=1S/C15H27N3O2/c1-4-8-17-9-6-12(7-10-17)18-11-13(19)16-15(3,5-2)14(18)20/h12H,4-11H2,1-3H3,(H,16,19).